The fourth-order valence-corrected chi connectivity index (χ4v) is 4.97. The molecule has 0 spiro atoms. The zero-order valence-corrected chi connectivity index (χ0v) is 20.7. The molecule has 1 unspecified atom stereocenters. The molecule has 5 rings (SSSR count). The van der Waals surface area contributed by atoms with Crippen LogP contribution < -0.4 is 15.0 Å². The second kappa shape index (κ2) is 9.85. The number of hydrogen-bond donors (Lipinski definition) is 0. The van der Waals surface area contributed by atoms with Crippen LogP contribution >= 0.6 is 0 Å². The molecule has 0 aliphatic carbocycles. The van der Waals surface area contributed by atoms with E-state index in [9.17, 15) is 9.59 Å². The number of aromatic nitrogens is 2. The monoisotopic (exact) mass is 483 g/mol. The average Bonchev–Trinajstić information content (AvgIpc) is 2.91. The summed E-state index contributed by atoms with van der Waals surface area (Å²) in [5.74, 6) is 1.36. The van der Waals surface area contributed by atoms with Gasteiger partial charge in [0.25, 0.3) is 11.5 Å². The SMILES string of the molecule is COc1cc(CN2CC(C)CCn3c(c(-c4ccccc4)c4cccnc4c3=O)C2=O)cc(OC)c1. The highest BCUT2D eigenvalue weighted by Crippen LogP contribution is 2.33. The van der Waals surface area contributed by atoms with Crippen LogP contribution in [0.3, 0.4) is 0 Å². The predicted octanol–water partition coefficient (Wildman–Crippen LogP) is 4.76. The summed E-state index contributed by atoms with van der Waals surface area (Å²) < 4.78 is 12.5. The number of ether oxygens (including phenoxy) is 2. The van der Waals surface area contributed by atoms with Crippen molar-refractivity contribution in [2.45, 2.75) is 26.4 Å². The van der Waals surface area contributed by atoms with Crippen LogP contribution in [-0.2, 0) is 13.1 Å². The van der Waals surface area contributed by atoms with Crippen molar-refractivity contribution in [3.63, 3.8) is 0 Å². The van der Waals surface area contributed by atoms with E-state index in [2.05, 4.69) is 11.9 Å². The van der Waals surface area contributed by atoms with Gasteiger partial charge in [0.15, 0.2) is 0 Å². The van der Waals surface area contributed by atoms with Crippen molar-refractivity contribution in [3.8, 4) is 22.6 Å². The molecule has 0 saturated heterocycles. The molecule has 1 amide bonds. The van der Waals surface area contributed by atoms with Crippen molar-refractivity contribution >= 4 is 16.8 Å². The highest BCUT2D eigenvalue weighted by Gasteiger charge is 2.30. The number of rotatable bonds is 5. The van der Waals surface area contributed by atoms with Gasteiger partial charge < -0.3 is 18.9 Å². The Balaban J connectivity index is 1.72. The van der Waals surface area contributed by atoms with Gasteiger partial charge in [-0.15, -0.1) is 0 Å². The van der Waals surface area contributed by atoms with Gasteiger partial charge in [-0.2, -0.15) is 0 Å². The van der Waals surface area contributed by atoms with Gasteiger partial charge in [-0.25, -0.2) is 0 Å². The van der Waals surface area contributed by atoms with Crippen molar-refractivity contribution in [1.82, 2.24) is 14.5 Å². The normalized spacial score (nSPS) is 15.8. The number of hydrogen-bond acceptors (Lipinski definition) is 5. The molecule has 4 aromatic rings. The Kier molecular flexibility index (Phi) is 6.46. The molecule has 7 nitrogen and oxygen atoms in total. The lowest BCUT2D eigenvalue weighted by Crippen LogP contribution is -2.41. The topological polar surface area (TPSA) is 73.7 Å². The van der Waals surface area contributed by atoms with Gasteiger partial charge in [0.05, 0.1) is 14.2 Å². The van der Waals surface area contributed by atoms with E-state index in [1.807, 2.05) is 59.5 Å². The number of pyridine rings is 2. The second-order valence-electron chi connectivity index (χ2n) is 9.25. The molecule has 0 N–H and O–H groups in total. The minimum Gasteiger partial charge on any atom is -0.497 e. The maximum Gasteiger partial charge on any atom is 0.277 e. The van der Waals surface area contributed by atoms with Gasteiger partial charge in [-0.1, -0.05) is 43.3 Å². The molecule has 1 aliphatic heterocycles. The van der Waals surface area contributed by atoms with Gasteiger partial charge in [-0.3, -0.25) is 14.6 Å². The predicted molar refractivity (Wildman–Crippen MR) is 140 cm³/mol. The Morgan fingerprint density at radius 3 is 2.39 bits per heavy atom. The zero-order valence-electron chi connectivity index (χ0n) is 20.7. The Bertz CT molecular complexity index is 1460. The van der Waals surface area contributed by atoms with Crippen LogP contribution in [0.15, 0.2) is 71.7 Å². The summed E-state index contributed by atoms with van der Waals surface area (Å²) in [5.41, 5.74) is 3.07. The van der Waals surface area contributed by atoms with Crippen molar-refractivity contribution in [2.24, 2.45) is 5.92 Å². The molecule has 2 aromatic carbocycles. The van der Waals surface area contributed by atoms with Gasteiger partial charge >= 0.3 is 0 Å². The summed E-state index contributed by atoms with van der Waals surface area (Å²) in [6.07, 6.45) is 2.39. The molecule has 0 fully saturated rings. The Hall–Kier alpha value is -4.13. The first-order chi connectivity index (χ1) is 17.5. The van der Waals surface area contributed by atoms with Gasteiger partial charge in [0.1, 0.15) is 22.7 Å². The summed E-state index contributed by atoms with van der Waals surface area (Å²) >= 11 is 0. The van der Waals surface area contributed by atoms with Gasteiger partial charge in [-0.05, 0) is 41.7 Å². The average molecular weight is 484 g/mol. The maximum atomic E-state index is 14.3. The smallest absolute Gasteiger partial charge is 0.277 e. The lowest BCUT2D eigenvalue weighted by Gasteiger charge is -2.32. The molecule has 1 atom stereocenters. The van der Waals surface area contributed by atoms with E-state index in [1.54, 1.807) is 31.0 Å². The van der Waals surface area contributed by atoms with Crippen LogP contribution in [0.25, 0.3) is 22.0 Å². The third-order valence-electron chi connectivity index (χ3n) is 6.75. The van der Waals surface area contributed by atoms with Crippen LogP contribution in [0.2, 0.25) is 0 Å². The van der Waals surface area contributed by atoms with Crippen LogP contribution in [0, 0.1) is 5.92 Å². The second-order valence-corrected chi connectivity index (χ2v) is 9.25. The molecule has 7 heteroatoms. The van der Waals surface area contributed by atoms with E-state index >= 15 is 0 Å². The van der Waals surface area contributed by atoms with Crippen LogP contribution in [-0.4, -0.2) is 41.1 Å². The van der Waals surface area contributed by atoms with E-state index < -0.39 is 0 Å². The highest BCUT2D eigenvalue weighted by molar-refractivity contribution is 6.07. The van der Waals surface area contributed by atoms with E-state index in [4.69, 9.17) is 9.47 Å². The first-order valence-corrected chi connectivity index (χ1v) is 12.1. The number of methoxy groups -OCH3 is 2. The summed E-state index contributed by atoms with van der Waals surface area (Å²) in [7, 11) is 3.21. The fraction of sp³-hybridized carbons (Fsp3) is 0.276. The van der Waals surface area contributed by atoms with Gasteiger partial charge in [0.2, 0.25) is 0 Å². The molecule has 1 aliphatic rings. The quantitative estimate of drug-likeness (QED) is 0.409. The van der Waals surface area contributed by atoms with Crippen molar-refractivity contribution in [1.29, 1.82) is 0 Å². The Morgan fingerprint density at radius 1 is 0.972 bits per heavy atom. The molecule has 0 radical (unpaired) electrons. The van der Waals surface area contributed by atoms with Crippen LogP contribution in [0.5, 0.6) is 11.5 Å². The highest BCUT2D eigenvalue weighted by atomic mass is 16.5. The minimum atomic E-state index is -0.231. The van der Waals surface area contributed by atoms with Crippen molar-refractivity contribution in [2.75, 3.05) is 20.8 Å². The van der Waals surface area contributed by atoms with Crippen LogP contribution in [0.4, 0.5) is 0 Å². The number of nitrogens with zero attached hydrogens (tertiary/aromatic N) is 3. The summed E-state index contributed by atoms with van der Waals surface area (Å²) in [5, 5.41) is 0.685. The summed E-state index contributed by atoms with van der Waals surface area (Å²) in [4.78, 5) is 34.2. The van der Waals surface area contributed by atoms with Crippen molar-refractivity contribution in [3.05, 3.63) is 88.5 Å². The molecule has 0 bridgehead atoms. The lowest BCUT2D eigenvalue weighted by molar-refractivity contribution is 0.0686. The summed E-state index contributed by atoms with van der Waals surface area (Å²) in [6.45, 7) is 3.52. The first kappa shape index (κ1) is 23.6. The minimum absolute atomic E-state index is 0.176. The van der Waals surface area contributed by atoms with E-state index in [1.165, 1.54) is 0 Å². The number of amides is 1. The molecule has 184 valence electrons. The van der Waals surface area contributed by atoms with Gasteiger partial charge in [0, 0.05) is 42.8 Å². The zero-order chi connectivity index (χ0) is 25.2. The third kappa shape index (κ3) is 4.33. The third-order valence-corrected chi connectivity index (χ3v) is 6.75. The molecule has 0 saturated carbocycles. The van der Waals surface area contributed by atoms with E-state index in [0.717, 1.165) is 23.1 Å². The number of carbonyl (C=O) groups excluding carboxylic acids is 1. The molecule has 36 heavy (non-hydrogen) atoms. The van der Waals surface area contributed by atoms with E-state index in [0.29, 0.717) is 47.7 Å². The lowest BCUT2D eigenvalue weighted by atomic mass is 9.96. The maximum absolute atomic E-state index is 14.3. The molecular formula is C29H29N3O4. The Morgan fingerprint density at radius 2 is 1.69 bits per heavy atom. The first-order valence-electron chi connectivity index (χ1n) is 12.1. The standard InChI is InChI=1S/C29H29N3O4/c1-19-11-13-32-27(29(34)31(17-19)18-20-14-22(35-2)16-23(15-20)36-3)25(21-8-5-4-6-9-21)24-10-7-12-30-26(24)28(32)33/h4-10,12,14-16,19H,11,13,17-18H2,1-3H3. The Labute approximate surface area is 209 Å². The largest absolute Gasteiger partial charge is 0.497 e. The number of fused-ring (bicyclic) bond motifs is 2. The van der Waals surface area contributed by atoms with E-state index in [-0.39, 0.29) is 17.4 Å². The summed E-state index contributed by atoms with van der Waals surface area (Å²) in [6, 6.07) is 19.1. The molecule has 2 aromatic heterocycles. The number of carbonyl (C=O) groups is 1. The molecular weight excluding hydrogens is 454 g/mol. The van der Waals surface area contributed by atoms with Crippen LogP contribution in [0.1, 0.15) is 29.4 Å². The number of benzene rings is 2. The molecule has 3 heterocycles. The fourth-order valence-electron chi connectivity index (χ4n) is 4.97. The van der Waals surface area contributed by atoms with Crippen molar-refractivity contribution < 1.29 is 14.3 Å².